The van der Waals surface area contributed by atoms with Crippen molar-refractivity contribution >= 4 is 71.2 Å². The van der Waals surface area contributed by atoms with E-state index in [1.807, 2.05) is 0 Å². The van der Waals surface area contributed by atoms with Crippen LogP contribution in [0, 0.1) is 0 Å². The summed E-state index contributed by atoms with van der Waals surface area (Å²) in [4.78, 5) is 2.50. The monoisotopic (exact) mass is 798 g/mol. The zero-order chi connectivity index (χ0) is 41.2. The van der Waals surface area contributed by atoms with Crippen molar-refractivity contribution in [2.24, 2.45) is 0 Å². The average Bonchev–Trinajstić information content (AvgIpc) is 3.96. The molecule has 0 unspecified atom stereocenters. The molecule has 0 saturated carbocycles. The van der Waals surface area contributed by atoms with Crippen LogP contribution in [-0.2, 0) is 5.41 Å². The minimum absolute atomic E-state index is 0.455. The smallest absolute Gasteiger partial charge is 0.0726 e. The average molecular weight is 799 g/mol. The van der Waals surface area contributed by atoms with E-state index in [0.717, 1.165) is 22.7 Å². The lowest BCUT2D eigenvalue weighted by molar-refractivity contribution is 0.793. The molecule has 2 heteroatoms. The third-order valence-electron chi connectivity index (χ3n) is 14.2. The highest BCUT2D eigenvalue weighted by Gasteiger charge is 2.51. The van der Waals surface area contributed by atoms with Gasteiger partial charge in [-0.3, -0.25) is 0 Å². The summed E-state index contributed by atoms with van der Waals surface area (Å²) in [6.07, 6.45) is 0. The SMILES string of the molecule is c1ccc(-n2c3ccccc3c3ccc(N(c4ccc5c(c4)C4(c6ccccc6-c6ccccc64)c4ccccc4-5)c4ccc5c6ccccc6c6ccccc6c5c4)cc32)cc1. The molecule has 2 aliphatic carbocycles. The van der Waals surface area contributed by atoms with Gasteiger partial charge >= 0.3 is 0 Å². The minimum Gasteiger partial charge on any atom is -0.310 e. The maximum absolute atomic E-state index is 2.51. The van der Waals surface area contributed by atoms with Crippen LogP contribution in [0.25, 0.3) is 82.1 Å². The molecule has 14 rings (SSSR count). The van der Waals surface area contributed by atoms with Crippen molar-refractivity contribution in [3.63, 3.8) is 0 Å². The Balaban J connectivity index is 1.08. The second-order valence-corrected chi connectivity index (χ2v) is 17.2. The molecule has 2 aliphatic rings. The molecule has 0 N–H and O–H groups in total. The van der Waals surface area contributed by atoms with Crippen LogP contribution in [0.3, 0.4) is 0 Å². The fraction of sp³-hybridized carbons (Fsp3) is 0.0164. The van der Waals surface area contributed by atoms with Gasteiger partial charge in [0.15, 0.2) is 0 Å². The number of anilines is 3. The van der Waals surface area contributed by atoms with E-state index in [9.17, 15) is 0 Å². The summed E-state index contributed by atoms with van der Waals surface area (Å²) in [5.41, 5.74) is 17.0. The van der Waals surface area contributed by atoms with Gasteiger partial charge in [-0.2, -0.15) is 0 Å². The van der Waals surface area contributed by atoms with Gasteiger partial charge < -0.3 is 9.47 Å². The van der Waals surface area contributed by atoms with Gasteiger partial charge in [0.05, 0.1) is 16.4 Å². The zero-order valence-corrected chi connectivity index (χ0v) is 34.3. The van der Waals surface area contributed by atoms with Crippen LogP contribution in [0.1, 0.15) is 22.3 Å². The third kappa shape index (κ3) is 4.62. The standard InChI is InChI=1S/C61H38N2/c1-2-16-39(17-3-1)63-59-29-15-11-25-52(59)53-35-32-42(38-60(53)63)62(40-30-33-47-45-20-5-4-18-43(45)44-19-6-7-21-46(44)54(47)36-40)41-31-34-51-50-24-10-14-28-57(50)61(58(51)37-41)55-26-12-8-22-48(55)49-23-9-13-27-56(49)61/h1-38H. The summed E-state index contributed by atoms with van der Waals surface area (Å²) in [5.74, 6) is 0. The Labute approximate surface area is 365 Å². The van der Waals surface area contributed by atoms with E-state index in [0.29, 0.717) is 0 Å². The number of hydrogen-bond acceptors (Lipinski definition) is 1. The Kier molecular flexibility index (Phi) is 7.07. The molecule has 0 saturated heterocycles. The van der Waals surface area contributed by atoms with Crippen LogP contribution >= 0.6 is 0 Å². The van der Waals surface area contributed by atoms with Gasteiger partial charge in [-0.1, -0.05) is 176 Å². The maximum atomic E-state index is 2.51. The molecule has 0 fully saturated rings. The highest BCUT2D eigenvalue weighted by atomic mass is 15.1. The van der Waals surface area contributed by atoms with Crippen molar-refractivity contribution < 1.29 is 0 Å². The Bertz CT molecular complexity index is 3770. The van der Waals surface area contributed by atoms with Crippen molar-refractivity contribution in [2.45, 2.75) is 5.41 Å². The van der Waals surface area contributed by atoms with Crippen LogP contribution in [0.15, 0.2) is 231 Å². The Morgan fingerprint density at radius 1 is 0.270 bits per heavy atom. The lowest BCUT2D eigenvalue weighted by atomic mass is 9.70. The van der Waals surface area contributed by atoms with Crippen molar-refractivity contribution in [1.29, 1.82) is 0 Å². The molecule has 1 aromatic heterocycles. The molecule has 0 amide bonds. The predicted octanol–water partition coefficient (Wildman–Crippen LogP) is 16.1. The highest BCUT2D eigenvalue weighted by Crippen LogP contribution is 2.63. The first-order valence-electron chi connectivity index (χ1n) is 21.9. The van der Waals surface area contributed by atoms with Crippen molar-refractivity contribution in [3.8, 4) is 27.9 Å². The van der Waals surface area contributed by atoms with Crippen LogP contribution in [0.5, 0.6) is 0 Å². The molecule has 292 valence electrons. The molecule has 0 atom stereocenters. The molecular formula is C61H38N2. The number of fused-ring (bicyclic) bond motifs is 19. The fourth-order valence-corrected chi connectivity index (χ4v) is 11.7. The first kappa shape index (κ1) is 34.5. The lowest BCUT2D eigenvalue weighted by Crippen LogP contribution is -2.26. The Hall–Kier alpha value is -8.20. The van der Waals surface area contributed by atoms with E-state index >= 15 is 0 Å². The van der Waals surface area contributed by atoms with E-state index < -0.39 is 5.41 Å². The molecule has 0 bridgehead atoms. The number of aromatic nitrogens is 1. The second-order valence-electron chi connectivity index (χ2n) is 17.2. The molecule has 1 spiro atoms. The van der Waals surface area contributed by atoms with E-state index in [2.05, 4.69) is 240 Å². The topological polar surface area (TPSA) is 8.17 Å². The maximum Gasteiger partial charge on any atom is 0.0726 e. The second kappa shape index (κ2) is 12.9. The van der Waals surface area contributed by atoms with Gasteiger partial charge in [0, 0.05) is 33.5 Å². The number of hydrogen-bond donors (Lipinski definition) is 0. The molecule has 2 nitrogen and oxygen atoms in total. The summed E-state index contributed by atoms with van der Waals surface area (Å²) < 4.78 is 2.42. The number of para-hydroxylation sites is 2. The number of nitrogens with zero attached hydrogens (tertiary/aromatic N) is 2. The van der Waals surface area contributed by atoms with Gasteiger partial charge in [-0.05, 0) is 131 Å². The van der Waals surface area contributed by atoms with E-state index in [4.69, 9.17) is 0 Å². The number of rotatable bonds is 4. The first-order chi connectivity index (χ1) is 31.3. The van der Waals surface area contributed by atoms with Crippen molar-refractivity contribution in [1.82, 2.24) is 4.57 Å². The quantitative estimate of drug-likeness (QED) is 0.161. The first-order valence-corrected chi connectivity index (χ1v) is 21.9. The molecule has 0 radical (unpaired) electrons. The number of benzene rings is 11. The normalized spacial score (nSPS) is 13.2. The Morgan fingerprint density at radius 2 is 0.683 bits per heavy atom. The molecular weight excluding hydrogens is 761 g/mol. The summed E-state index contributed by atoms with van der Waals surface area (Å²) >= 11 is 0. The third-order valence-corrected chi connectivity index (χ3v) is 14.2. The summed E-state index contributed by atoms with van der Waals surface area (Å²) in [6.45, 7) is 0. The Morgan fingerprint density at radius 3 is 1.30 bits per heavy atom. The van der Waals surface area contributed by atoms with Gasteiger partial charge in [0.1, 0.15) is 0 Å². The largest absolute Gasteiger partial charge is 0.310 e. The van der Waals surface area contributed by atoms with Crippen molar-refractivity contribution in [3.05, 3.63) is 253 Å². The van der Waals surface area contributed by atoms with Crippen LogP contribution in [0.2, 0.25) is 0 Å². The summed E-state index contributed by atoms with van der Waals surface area (Å²) in [6, 6.07) is 86.0. The molecule has 63 heavy (non-hydrogen) atoms. The van der Waals surface area contributed by atoms with Gasteiger partial charge in [0.25, 0.3) is 0 Å². The van der Waals surface area contributed by atoms with Crippen LogP contribution < -0.4 is 4.90 Å². The van der Waals surface area contributed by atoms with E-state index in [-0.39, 0.29) is 0 Å². The predicted molar refractivity (Wildman–Crippen MR) is 264 cm³/mol. The summed E-state index contributed by atoms with van der Waals surface area (Å²) in [5, 5.41) is 10.1. The van der Waals surface area contributed by atoms with Crippen LogP contribution in [0.4, 0.5) is 17.1 Å². The van der Waals surface area contributed by atoms with Gasteiger partial charge in [0.2, 0.25) is 0 Å². The fourth-order valence-electron chi connectivity index (χ4n) is 11.7. The van der Waals surface area contributed by atoms with E-state index in [1.165, 1.54) is 98.6 Å². The summed E-state index contributed by atoms with van der Waals surface area (Å²) in [7, 11) is 0. The molecule has 0 aliphatic heterocycles. The molecule has 11 aromatic carbocycles. The lowest BCUT2D eigenvalue weighted by Gasteiger charge is -2.32. The molecule has 12 aromatic rings. The van der Waals surface area contributed by atoms with Gasteiger partial charge in [-0.15, -0.1) is 0 Å². The molecule has 1 heterocycles. The van der Waals surface area contributed by atoms with Crippen LogP contribution in [-0.4, -0.2) is 4.57 Å². The van der Waals surface area contributed by atoms with E-state index in [1.54, 1.807) is 0 Å². The highest BCUT2D eigenvalue weighted by molar-refractivity contribution is 6.26. The zero-order valence-electron chi connectivity index (χ0n) is 34.3. The van der Waals surface area contributed by atoms with Crippen molar-refractivity contribution in [2.75, 3.05) is 4.90 Å². The van der Waals surface area contributed by atoms with Gasteiger partial charge in [-0.25, -0.2) is 0 Å². The minimum atomic E-state index is -0.455.